The van der Waals surface area contributed by atoms with Crippen molar-refractivity contribution in [3.63, 3.8) is 0 Å². The third-order valence-electron chi connectivity index (χ3n) is 3.00. The van der Waals surface area contributed by atoms with Crippen molar-refractivity contribution in [2.45, 2.75) is 0 Å². The van der Waals surface area contributed by atoms with Gasteiger partial charge < -0.3 is 11.1 Å². The Bertz CT molecular complexity index is 752. The summed E-state index contributed by atoms with van der Waals surface area (Å²) in [7, 11) is 0. The van der Waals surface area contributed by atoms with Crippen LogP contribution in [0.15, 0.2) is 60.8 Å². The molecule has 0 amide bonds. The Morgan fingerprint density at radius 1 is 1.10 bits per heavy atom. The number of thiazole rings is 1. The fourth-order valence-electron chi connectivity index (χ4n) is 1.98. The Morgan fingerprint density at radius 3 is 2.55 bits per heavy atom. The predicted octanol–water partition coefficient (Wildman–Crippen LogP) is 3.80. The summed E-state index contributed by atoms with van der Waals surface area (Å²) in [5.41, 5.74) is 8.64. The molecule has 0 aliphatic rings. The van der Waals surface area contributed by atoms with Crippen molar-refractivity contribution >= 4 is 27.3 Å². The molecule has 0 atom stereocenters. The molecule has 3 rings (SSSR count). The predicted molar refractivity (Wildman–Crippen MR) is 85.2 cm³/mol. The van der Waals surface area contributed by atoms with Gasteiger partial charge in [-0.25, -0.2) is 4.98 Å². The average Bonchev–Trinajstić information content (AvgIpc) is 2.91. The number of nitrogens with two attached hydrogens (primary N) is 1. The van der Waals surface area contributed by atoms with E-state index in [1.807, 2.05) is 42.5 Å². The maximum absolute atomic E-state index is 7.81. The van der Waals surface area contributed by atoms with E-state index in [0.717, 1.165) is 21.7 Å². The second kappa shape index (κ2) is 5.27. The molecule has 0 aliphatic carbocycles. The largest absolute Gasteiger partial charge is 0.405 e. The van der Waals surface area contributed by atoms with Crippen LogP contribution in [0.3, 0.4) is 0 Å². The van der Waals surface area contributed by atoms with Crippen LogP contribution in [0.25, 0.3) is 20.8 Å². The fourth-order valence-corrected chi connectivity index (χ4v) is 2.95. The molecule has 0 unspecified atom stereocenters. The van der Waals surface area contributed by atoms with E-state index in [1.165, 1.54) is 10.9 Å². The molecular formula is C16H13N3S. The minimum absolute atomic E-state index is 0.406. The second-order valence-electron chi connectivity index (χ2n) is 4.34. The van der Waals surface area contributed by atoms with Gasteiger partial charge in [-0.05, 0) is 30.0 Å². The number of rotatable bonds is 3. The number of hydrogen-bond acceptors (Lipinski definition) is 4. The first-order valence-corrected chi connectivity index (χ1v) is 7.03. The monoisotopic (exact) mass is 279 g/mol. The molecule has 0 spiro atoms. The summed E-state index contributed by atoms with van der Waals surface area (Å²) < 4.78 is 1.19. The van der Waals surface area contributed by atoms with Gasteiger partial charge in [0.25, 0.3) is 0 Å². The molecule has 2 aromatic carbocycles. The number of nitrogens with one attached hydrogen (secondary N) is 1. The first-order chi connectivity index (χ1) is 9.78. The lowest BCUT2D eigenvalue weighted by Gasteiger charge is -2.00. The summed E-state index contributed by atoms with van der Waals surface area (Å²) in [6.07, 6.45) is 2.95. The van der Waals surface area contributed by atoms with Gasteiger partial charge in [-0.2, -0.15) is 0 Å². The number of hydrogen-bond donors (Lipinski definition) is 2. The molecular weight excluding hydrogens is 266 g/mol. The van der Waals surface area contributed by atoms with Gasteiger partial charge in [0, 0.05) is 5.56 Å². The highest BCUT2D eigenvalue weighted by Crippen LogP contribution is 2.29. The van der Waals surface area contributed by atoms with Crippen LogP contribution in [0.5, 0.6) is 0 Å². The van der Waals surface area contributed by atoms with E-state index < -0.39 is 0 Å². The number of para-hydroxylation sites is 1. The summed E-state index contributed by atoms with van der Waals surface area (Å²) in [6, 6.07) is 15.9. The van der Waals surface area contributed by atoms with Crippen molar-refractivity contribution < 1.29 is 0 Å². The van der Waals surface area contributed by atoms with Crippen LogP contribution in [0.2, 0.25) is 0 Å². The Hall–Kier alpha value is -2.46. The van der Waals surface area contributed by atoms with E-state index in [4.69, 9.17) is 11.1 Å². The Morgan fingerprint density at radius 2 is 1.85 bits per heavy atom. The number of allylic oxidation sites excluding steroid dienone is 1. The second-order valence-corrected chi connectivity index (χ2v) is 5.37. The Kier molecular flexibility index (Phi) is 3.31. The van der Waals surface area contributed by atoms with Crippen molar-refractivity contribution in [1.82, 2.24) is 4.98 Å². The van der Waals surface area contributed by atoms with Gasteiger partial charge in [-0.3, -0.25) is 0 Å². The van der Waals surface area contributed by atoms with Crippen molar-refractivity contribution in [3.05, 3.63) is 66.4 Å². The van der Waals surface area contributed by atoms with Crippen LogP contribution in [0.1, 0.15) is 5.56 Å². The summed E-state index contributed by atoms with van der Waals surface area (Å²) in [4.78, 5) is 4.62. The lowest BCUT2D eigenvalue weighted by atomic mass is 10.1. The van der Waals surface area contributed by atoms with Crippen molar-refractivity contribution in [1.29, 1.82) is 5.41 Å². The summed E-state index contributed by atoms with van der Waals surface area (Å²) in [5.74, 6) is 0. The molecule has 3 aromatic rings. The number of benzene rings is 2. The zero-order chi connectivity index (χ0) is 13.9. The smallest absolute Gasteiger partial charge is 0.124 e. The van der Waals surface area contributed by atoms with E-state index in [9.17, 15) is 0 Å². The molecule has 0 aliphatic heterocycles. The minimum Gasteiger partial charge on any atom is -0.405 e. The molecule has 3 nitrogen and oxygen atoms in total. The van der Waals surface area contributed by atoms with Crippen molar-refractivity contribution in [2.24, 2.45) is 5.73 Å². The van der Waals surface area contributed by atoms with Crippen LogP contribution in [-0.4, -0.2) is 10.7 Å². The van der Waals surface area contributed by atoms with Crippen LogP contribution in [0, 0.1) is 5.41 Å². The maximum atomic E-state index is 7.81. The van der Waals surface area contributed by atoms with Crippen molar-refractivity contribution in [3.8, 4) is 10.6 Å². The molecule has 3 N–H and O–H groups in total. The molecule has 98 valence electrons. The topological polar surface area (TPSA) is 62.8 Å². The third-order valence-corrected chi connectivity index (χ3v) is 4.09. The van der Waals surface area contributed by atoms with Crippen molar-refractivity contribution in [2.75, 3.05) is 0 Å². The van der Waals surface area contributed by atoms with Gasteiger partial charge in [0.2, 0.25) is 0 Å². The Labute approximate surface area is 120 Å². The van der Waals surface area contributed by atoms with Gasteiger partial charge >= 0.3 is 0 Å². The number of nitrogens with zero attached hydrogens (tertiary/aromatic N) is 1. The molecule has 1 aromatic heterocycles. The first-order valence-electron chi connectivity index (χ1n) is 6.21. The van der Waals surface area contributed by atoms with Gasteiger partial charge in [-0.15, -0.1) is 11.3 Å². The van der Waals surface area contributed by atoms with Crippen LogP contribution >= 0.6 is 11.3 Å². The van der Waals surface area contributed by atoms with E-state index in [2.05, 4.69) is 11.1 Å². The van der Waals surface area contributed by atoms with E-state index in [-0.39, 0.29) is 0 Å². The number of aromatic nitrogens is 1. The standard InChI is InChI=1S/C16H13N3S/c17-10-9-13(18)11-5-7-12(8-6-11)16-19-14-3-1-2-4-15(14)20-16/h1-10,18H,17H2/b10-9-,18-13?. The summed E-state index contributed by atoms with van der Waals surface area (Å²) >= 11 is 1.68. The van der Waals surface area contributed by atoms with E-state index in [0.29, 0.717) is 5.71 Å². The molecule has 0 fully saturated rings. The first kappa shape index (κ1) is 12.6. The zero-order valence-electron chi connectivity index (χ0n) is 10.7. The molecule has 0 saturated heterocycles. The molecule has 0 saturated carbocycles. The van der Waals surface area contributed by atoms with Gasteiger partial charge in [-0.1, -0.05) is 36.4 Å². The SMILES string of the molecule is N=C(/C=C\N)c1ccc(-c2nc3ccccc3s2)cc1. The van der Waals surface area contributed by atoms with Crippen LogP contribution in [-0.2, 0) is 0 Å². The van der Waals surface area contributed by atoms with Gasteiger partial charge in [0.1, 0.15) is 5.01 Å². The van der Waals surface area contributed by atoms with E-state index in [1.54, 1.807) is 17.4 Å². The zero-order valence-corrected chi connectivity index (χ0v) is 11.5. The number of fused-ring (bicyclic) bond motifs is 1. The molecule has 4 heteroatoms. The normalized spacial score (nSPS) is 11.2. The third kappa shape index (κ3) is 2.33. The molecule has 0 radical (unpaired) electrons. The average molecular weight is 279 g/mol. The molecule has 0 bridgehead atoms. The lowest BCUT2D eigenvalue weighted by Crippen LogP contribution is -1.95. The highest BCUT2D eigenvalue weighted by Gasteiger charge is 2.06. The van der Waals surface area contributed by atoms with Crippen LogP contribution < -0.4 is 5.73 Å². The van der Waals surface area contributed by atoms with Gasteiger partial charge in [0.05, 0.1) is 15.9 Å². The minimum atomic E-state index is 0.406. The van der Waals surface area contributed by atoms with Gasteiger partial charge in [0.15, 0.2) is 0 Å². The highest BCUT2D eigenvalue weighted by molar-refractivity contribution is 7.21. The summed E-state index contributed by atoms with van der Waals surface area (Å²) in [5, 5.41) is 8.81. The molecule has 1 heterocycles. The highest BCUT2D eigenvalue weighted by atomic mass is 32.1. The Balaban J connectivity index is 1.96. The van der Waals surface area contributed by atoms with Crippen LogP contribution in [0.4, 0.5) is 0 Å². The van der Waals surface area contributed by atoms with E-state index >= 15 is 0 Å². The lowest BCUT2D eigenvalue weighted by molar-refractivity contribution is 1.46. The fraction of sp³-hybridized carbons (Fsp3) is 0. The molecule has 20 heavy (non-hydrogen) atoms. The summed E-state index contributed by atoms with van der Waals surface area (Å²) in [6.45, 7) is 0. The maximum Gasteiger partial charge on any atom is 0.124 e. The quantitative estimate of drug-likeness (QED) is 0.716.